The van der Waals surface area contributed by atoms with Crippen LogP contribution in [0, 0.1) is 11.6 Å². The van der Waals surface area contributed by atoms with E-state index in [9.17, 15) is 13.9 Å². The van der Waals surface area contributed by atoms with E-state index in [1.54, 1.807) is 6.92 Å². The zero-order valence-corrected chi connectivity index (χ0v) is 9.86. The molecule has 1 atom stereocenters. The highest BCUT2D eigenvalue weighted by Crippen LogP contribution is 2.23. The van der Waals surface area contributed by atoms with Crippen molar-refractivity contribution in [2.75, 3.05) is 12.3 Å². The smallest absolute Gasteiger partial charge is 0.159 e. The maximum absolute atomic E-state index is 12.8. The van der Waals surface area contributed by atoms with Crippen molar-refractivity contribution < 1.29 is 13.9 Å². The number of hydrogen-bond acceptors (Lipinski definition) is 3. The molecule has 0 saturated carbocycles. The molecule has 2 nitrogen and oxygen atoms in total. The van der Waals surface area contributed by atoms with Crippen LogP contribution < -0.4 is 5.73 Å². The molecule has 0 aromatic heterocycles. The third-order valence-corrected chi connectivity index (χ3v) is 3.24. The summed E-state index contributed by atoms with van der Waals surface area (Å²) in [6.45, 7) is 1.84. The van der Waals surface area contributed by atoms with Gasteiger partial charge in [-0.1, -0.05) is 0 Å². The Morgan fingerprint density at radius 3 is 2.62 bits per heavy atom. The summed E-state index contributed by atoms with van der Waals surface area (Å²) in [5, 5.41) is 9.63. The molecule has 0 aliphatic carbocycles. The van der Waals surface area contributed by atoms with Crippen LogP contribution in [0.2, 0.25) is 0 Å². The van der Waals surface area contributed by atoms with Gasteiger partial charge in [-0.3, -0.25) is 0 Å². The summed E-state index contributed by atoms with van der Waals surface area (Å²) in [5.41, 5.74) is 4.46. The van der Waals surface area contributed by atoms with Crippen molar-refractivity contribution >= 4 is 11.8 Å². The van der Waals surface area contributed by atoms with E-state index in [0.29, 0.717) is 17.1 Å². The van der Waals surface area contributed by atoms with Crippen LogP contribution in [0.3, 0.4) is 0 Å². The number of hydrogen-bond donors (Lipinski definition) is 2. The lowest BCUT2D eigenvalue weighted by atomic mass is 10.1. The monoisotopic (exact) mass is 247 g/mol. The number of rotatable bonds is 5. The maximum Gasteiger partial charge on any atom is 0.159 e. The predicted molar refractivity (Wildman–Crippen MR) is 61.4 cm³/mol. The molecule has 0 saturated heterocycles. The quantitative estimate of drug-likeness (QED) is 0.784. The second-order valence-electron chi connectivity index (χ2n) is 3.88. The Kier molecular flexibility index (Phi) is 4.70. The van der Waals surface area contributed by atoms with Gasteiger partial charge in [0.25, 0.3) is 0 Å². The molecule has 0 amide bonds. The Hall–Kier alpha value is -0.650. The second-order valence-corrected chi connectivity index (χ2v) is 5.04. The summed E-state index contributed by atoms with van der Waals surface area (Å²) in [6.07, 6.45) is 0.507. The van der Waals surface area contributed by atoms with Gasteiger partial charge in [-0.25, -0.2) is 8.78 Å². The normalized spacial score (nSPS) is 14.8. The van der Waals surface area contributed by atoms with E-state index in [-0.39, 0.29) is 6.54 Å². The first-order valence-corrected chi connectivity index (χ1v) is 5.93. The molecule has 1 aromatic rings. The third kappa shape index (κ3) is 4.08. The summed E-state index contributed by atoms with van der Waals surface area (Å²) >= 11 is 1.36. The third-order valence-electron chi connectivity index (χ3n) is 2.24. The fourth-order valence-electron chi connectivity index (χ4n) is 1.06. The van der Waals surface area contributed by atoms with Gasteiger partial charge in [0.1, 0.15) is 0 Å². The molecule has 5 heteroatoms. The standard InChI is InChI=1S/C11H15F2NOS/c1-11(15,7-14)4-5-16-8-2-3-9(12)10(13)6-8/h2-3,6,15H,4-5,7,14H2,1H3. The molecule has 0 radical (unpaired) electrons. The van der Waals surface area contributed by atoms with Crippen molar-refractivity contribution in [3.05, 3.63) is 29.8 Å². The summed E-state index contributed by atoms with van der Waals surface area (Å²) < 4.78 is 25.5. The van der Waals surface area contributed by atoms with Crippen LogP contribution in [0.4, 0.5) is 8.78 Å². The van der Waals surface area contributed by atoms with Gasteiger partial charge in [-0.2, -0.15) is 0 Å². The van der Waals surface area contributed by atoms with Crippen LogP contribution in [0.5, 0.6) is 0 Å². The largest absolute Gasteiger partial charge is 0.389 e. The van der Waals surface area contributed by atoms with Gasteiger partial charge in [0, 0.05) is 17.2 Å². The maximum atomic E-state index is 12.8. The number of halogens is 2. The van der Waals surface area contributed by atoms with Crippen LogP contribution in [-0.4, -0.2) is 23.0 Å². The number of benzene rings is 1. The lowest BCUT2D eigenvalue weighted by molar-refractivity contribution is 0.0665. The second kappa shape index (κ2) is 5.61. The summed E-state index contributed by atoms with van der Waals surface area (Å²) in [4.78, 5) is 0.645. The van der Waals surface area contributed by atoms with E-state index in [1.165, 1.54) is 17.8 Å². The zero-order valence-electron chi connectivity index (χ0n) is 9.04. The topological polar surface area (TPSA) is 46.2 Å². The highest BCUT2D eigenvalue weighted by molar-refractivity contribution is 7.99. The molecular weight excluding hydrogens is 232 g/mol. The molecule has 3 N–H and O–H groups in total. The van der Waals surface area contributed by atoms with Gasteiger partial charge in [0.05, 0.1) is 5.60 Å². The fourth-order valence-corrected chi connectivity index (χ4v) is 2.19. The van der Waals surface area contributed by atoms with E-state index in [2.05, 4.69) is 0 Å². The first-order chi connectivity index (χ1) is 7.44. The van der Waals surface area contributed by atoms with Crippen molar-refractivity contribution in [3.8, 4) is 0 Å². The number of aliphatic hydroxyl groups is 1. The minimum Gasteiger partial charge on any atom is -0.389 e. The van der Waals surface area contributed by atoms with Crippen LogP contribution in [0.25, 0.3) is 0 Å². The minimum atomic E-state index is -0.897. The molecule has 0 bridgehead atoms. The molecule has 1 rings (SSSR count). The molecule has 0 spiro atoms. The molecule has 0 aliphatic rings. The number of nitrogens with two attached hydrogens (primary N) is 1. The summed E-state index contributed by atoms with van der Waals surface area (Å²) in [7, 11) is 0. The summed E-state index contributed by atoms with van der Waals surface area (Å²) in [5.74, 6) is -1.09. The Labute approximate surface area is 97.8 Å². The van der Waals surface area contributed by atoms with Gasteiger partial charge in [0.15, 0.2) is 11.6 Å². The first kappa shape index (κ1) is 13.4. The highest BCUT2D eigenvalue weighted by atomic mass is 32.2. The molecule has 0 aliphatic heterocycles. The predicted octanol–water partition coefficient (Wildman–Crippen LogP) is 2.16. The van der Waals surface area contributed by atoms with E-state index >= 15 is 0 Å². The van der Waals surface area contributed by atoms with Gasteiger partial charge in [-0.15, -0.1) is 11.8 Å². The Balaban J connectivity index is 2.46. The first-order valence-electron chi connectivity index (χ1n) is 4.95. The number of thioether (sulfide) groups is 1. The SMILES string of the molecule is CC(O)(CN)CCSc1ccc(F)c(F)c1. The molecular formula is C11H15F2NOS. The molecule has 1 aromatic carbocycles. The van der Waals surface area contributed by atoms with Crippen molar-refractivity contribution in [1.82, 2.24) is 0 Å². The van der Waals surface area contributed by atoms with E-state index in [0.717, 1.165) is 12.1 Å². The highest BCUT2D eigenvalue weighted by Gasteiger charge is 2.17. The van der Waals surface area contributed by atoms with Gasteiger partial charge >= 0.3 is 0 Å². The lowest BCUT2D eigenvalue weighted by Crippen LogP contribution is -2.34. The average molecular weight is 247 g/mol. The van der Waals surface area contributed by atoms with Crippen molar-refractivity contribution in [3.63, 3.8) is 0 Å². The molecule has 90 valence electrons. The molecule has 0 fully saturated rings. The van der Waals surface area contributed by atoms with Gasteiger partial charge < -0.3 is 10.8 Å². The van der Waals surface area contributed by atoms with Gasteiger partial charge in [0.2, 0.25) is 0 Å². The van der Waals surface area contributed by atoms with Gasteiger partial charge in [-0.05, 0) is 31.5 Å². The van der Waals surface area contributed by atoms with Crippen molar-refractivity contribution in [1.29, 1.82) is 0 Å². The Bertz CT molecular complexity index is 358. The lowest BCUT2D eigenvalue weighted by Gasteiger charge is -2.20. The average Bonchev–Trinajstić information content (AvgIpc) is 2.23. The molecule has 16 heavy (non-hydrogen) atoms. The minimum absolute atomic E-state index is 0.186. The van der Waals surface area contributed by atoms with Crippen molar-refractivity contribution in [2.24, 2.45) is 5.73 Å². The Morgan fingerprint density at radius 1 is 1.38 bits per heavy atom. The Morgan fingerprint density at radius 2 is 2.06 bits per heavy atom. The van der Waals surface area contributed by atoms with E-state index < -0.39 is 17.2 Å². The molecule has 0 heterocycles. The van der Waals surface area contributed by atoms with Crippen molar-refractivity contribution in [2.45, 2.75) is 23.8 Å². The van der Waals surface area contributed by atoms with Crippen LogP contribution >= 0.6 is 11.8 Å². The van der Waals surface area contributed by atoms with Crippen LogP contribution in [-0.2, 0) is 0 Å². The molecule has 1 unspecified atom stereocenters. The van der Waals surface area contributed by atoms with E-state index in [1.807, 2.05) is 0 Å². The fraction of sp³-hybridized carbons (Fsp3) is 0.455. The van der Waals surface area contributed by atoms with Crippen LogP contribution in [0.15, 0.2) is 23.1 Å². The zero-order chi connectivity index (χ0) is 12.2. The summed E-state index contributed by atoms with van der Waals surface area (Å²) in [6, 6.07) is 3.76. The van der Waals surface area contributed by atoms with E-state index in [4.69, 9.17) is 5.73 Å². The van der Waals surface area contributed by atoms with Crippen LogP contribution in [0.1, 0.15) is 13.3 Å².